The highest BCUT2D eigenvalue weighted by atomic mass is 35.5. The predicted molar refractivity (Wildman–Crippen MR) is 152 cm³/mol. The highest BCUT2D eigenvalue weighted by Gasteiger charge is 2.33. The van der Waals surface area contributed by atoms with E-state index in [4.69, 9.17) is 16.3 Å². The summed E-state index contributed by atoms with van der Waals surface area (Å²) in [6.45, 7) is 3.51. The molecule has 3 heterocycles. The van der Waals surface area contributed by atoms with Crippen LogP contribution in [0.2, 0.25) is 5.02 Å². The van der Waals surface area contributed by atoms with Gasteiger partial charge >= 0.3 is 0 Å². The minimum Gasteiger partial charge on any atom is -0.487 e. The van der Waals surface area contributed by atoms with E-state index in [1.54, 1.807) is 24.3 Å². The Morgan fingerprint density at radius 3 is 2.75 bits per heavy atom. The maximum Gasteiger partial charge on any atom is 0.141 e. The van der Waals surface area contributed by atoms with Gasteiger partial charge in [-0.25, -0.2) is 19.0 Å². The van der Waals surface area contributed by atoms with Gasteiger partial charge in [0.15, 0.2) is 0 Å². The minimum absolute atomic E-state index is 0.216. The number of ether oxygens (including phenoxy) is 1. The van der Waals surface area contributed by atoms with Crippen molar-refractivity contribution in [3.8, 4) is 17.0 Å². The van der Waals surface area contributed by atoms with Gasteiger partial charge in [-0.3, -0.25) is 4.90 Å². The van der Waals surface area contributed by atoms with Gasteiger partial charge < -0.3 is 10.1 Å². The van der Waals surface area contributed by atoms with Crippen LogP contribution in [0, 0.1) is 11.7 Å². The van der Waals surface area contributed by atoms with Gasteiger partial charge in [0.1, 0.15) is 36.0 Å². The number of nitrogens with zero attached hydrogens (tertiary/aromatic N) is 6. The molecule has 10 heteroatoms. The lowest BCUT2D eigenvalue weighted by atomic mass is 10.1. The number of halogens is 2. The van der Waals surface area contributed by atoms with Gasteiger partial charge in [0, 0.05) is 36.3 Å². The molecule has 1 N–H and O–H groups in total. The third-order valence-electron chi connectivity index (χ3n) is 7.44. The van der Waals surface area contributed by atoms with Crippen molar-refractivity contribution in [2.45, 2.75) is 25.5 Å². The number of fused-ring (bicyclic) bond motifs is 1. The summed E-state index contributed by atoms with van der Waals surface area (Å²) in [4.78, 5) is 11.4. The third-order valence-corrected chi connectivity index (χ3v) is 7.74. The summed E-state index contributed by atoms with van der Waals surface area (Å²) in [5.74, 6) is 1.77. The van der Waals surface area contributed by atoms with E-state index in [9.17, 15) is 4.39 Å². The van der Waals surface area contributed by atoms with Gasteiger partial charge in [-0.1, -0.05) is 35.0 Å². The van der Waals surface area contributed by atoms with E-state index in [1.165, 1.54) is 37.8 Å². The number of anilines is 2. The molecule has 1 aliphatic heterocycles. The van der Waals surface area contributed by atoms with Gasteiger partial charge in [0.05, 0.1) is 22.8 Å². The molecule has 7 rings (SSSR count). The Bertz CT molecular complexity index is 1680. The first-order valence-electron chi connectivity index (χ1n) is 13.4. The van der Waals surface area contributed by atoms with Crippen LogP contribution in [0.15, 0.2) is 73.2 Å². The Labute approximate surface area is 235 Å². The van der Waals surface area contributed by atoms with Crippen molar-refractivity contribution in [1.29, 1.82) is 0 Å². The van der Waals surface area contributed by atoms with Crippen molar-refractivity contribution in [2.75, 3.05) is 25.0 Å². The maximum absolute atomic E-state index is 13.5. The molecule has 0 amide bonds. The summed E-state index contributed by atoms with van der Waals surface area (Å²) >= 11 is 6.51. The average Bonchev–Trinajstić information content (AvgIpc) is 3.63. The monoisotopic (exact) mass is 555 g/mol. The van der Waals surface area contributed by atoms with E-state index < -0.39 is 0 Å². The van der Waals surface area contributed by atoms with Gasteiger partial charge in [-0.15, -0.1) is 5.10 Å². The molecular formula is C30H27ClFN7O. The number of hydrogen-bond donors (Lipinski definition) is 1. The Kier molecular flexibility index (Phi) is 6.53. The van der Waals surface area contributed by atoms with Gasteiger partial charge in [-0.05, 0) is 66.8 Å². The smallest absolute Gasteiger partial charge is 0.141 e. The highest BCUT2D eigenvalue weighted by molar-refractivity contribution is 6.32. The van der Waals surface area contributed by atoms with Crippen molar-refractivity contribution < 1.29 is 9.13 Å². The number of hydrogen-bond acceptors (Lipinski definition) is 7. The van der Waals surface area contributed by atoms with Crippen LogP contribution in [0.25, 0.3) is 22.2 Å². The lowest BCUT2D eigenvalue weighted by molar-refractivity contribution is 0.0922. The highest BCUT2D eigenvalue weighted by Crippen LogP contribution is 2.34. The van der Waals surface area contributed by atoms with E-state index in [0.29, 0.717) is 22.6 Å². The largest absolute Gasteiger partial charge is 0.487 e. The van der Waals surface area contributed by atoms with E-state index >= 15 is 0 Å². The summed E-state index contributed by atoms with van der Waals surface area (Å²) in [6, 6.07) is 18.1. The Hall–Kier alpha value is -4.08. The molecule has 0 spiro atoms. The fraction of sp³-hybridized carbons (Fsp3) is 0.267. The van der Waals surface area contributed by atoms with E-state index in [2.05, 4.69) is 30.5 Å². The second-order valence-corrected chi connectivity index (χ2v) is 10.9. The van der Waals surface area contributed by atoms with Crippen molar-refractivity contribution >= 4 is 34.0 Å². The second-order valence-electron chi connectivity index (χ2n) is 10.5. The molecule has 0 unspecified atom stereocenters. The van der Waals surface area contributed by atoms with Gasteiger partial charge in [0.2, 0.25) is 0 Å². The van der Waals surface area contributed by atoms with E-state index in [0.717, 1.165) is 52.4 Å². The maximum atomic E-state index is 13.5. The fourth-order valence-electron chi connectivity index (χ4n) is 5.05. The van der Waals surface area contributed by atoms with Crippen LogP contribution in [0.4, 0.5) is 15.9 Å². The first-order valence-corrected chi connectivity index (χ1v) is 13.8. The lowest BCUT2D eigenvalue weighted by Crippen LogP contribution is -2.48. The number of aromatic nitrogens is 5. The van der Waals surface area contributed by atoms with E-state index in [1.807, 2.05) is 35.1 Å². The third kappa shape index (κ3) is 5.35. The number of benzene rings is 3. The Morgan fingerprint density at radius 1 is 1.02 bits per heavy atom. The van der Waals surface area contributed by atoms with Crippen LogP contribution in [0.1, 0.15) is 24.4 Å². The number of rotatable bonds is 9. The SMILES string of the molecule is Fc1cccc(COc2ccc(Nc3ncnc4ccc(-c5cn(C6CN(CC7CC7)C6)nn5)cc34)cc2Cl)c1. The summed E-state index contributed by atoms with van der Waals surface area (Å²) in [5, 5.41) is 13.5. The molecule has 2 aromatic heterocycles. The van der Waals surface area contributed by atoms with E-state index in [-0.39, 0.29) is 12.4 Å². The molecule has 1 saturated carbocycles. The molecular weight excluding hydrogens is 529 g/mol. The predicted octanol–water partition coefficient (Wildman–Crippen LogP) is 6.27. The molecule has 0 atom stereocenters. The Morgan fingerprint density at radius 2 is 1.93 bits per heavy atom. The molecule has 0 bridgehead atoms. The zero-order chi connectivity index (χ0) is 27.1. The van der Waals surface area contributed by atoms with Crippen LogP contribution < -0.4 is 10.1 Å². The first-order chi connectivity index (χ1) is 19.6. The zero-order valence-electron chi connectivity index (χ0n) is 21.7. The summed E-state index contributed by atoms with van der Waals surface area (Å²) in [7, 11) is 0. The van der Waals surface area contributed by atoms with Crippen LogP contribution in [-0.2, 0) is 6.61 Å². The number of likely N-dealkylation sites (tertiary alicyclic amines) is 1. The fourth-order valence-corrected chi connectivity index (χ4v) is 5.28. The normalized spacial score (nSPS) is 15.8. The van der Waals surface area contributed by atoms with Crippen LogP contribution in [-0.4, -0.2) is 49.5 Å². The quantitative estimate of drug-likeness (QED) is 0.229. The van der Waals surface area contributed by atoms with Crippen molar-refractivity contribution in [3.05, 3.63) is 89.6 Å². The van der Waals surface area contributed by atoms with Crippen molar-refractivity contribution in [3.63, 3.8) is 0 Å². The van der Waals surface area contributed by atoms with Crippen LogP contribution in [0.5, 0.6) is 5.75 Å². The summed E-state index contributed by atoms with van der Waals surface area (Å²) in [5.41, 5.74) is 4.06. The van der Waals surface area contributed by atoms with Crippen molar-refractivity contribution in [1.82, 2.24) is 29.9 Å². The molecule has 202 valence electrons. The molecule has 40 heavy (non-hydrogen) atoms. The second kappa shape index (κ2) is 10.5. The molecule has 8 nitrogen and oxygen atoms in total. The number of nitrogens with one attached hydrogen (secondary N) is 1. The van der Waals surface area contributed by atoms with Gasteiger partial charge in [-0.2, -0.15) is 0 Å². The molecule has 1 saturated heterocycles. The van der Waals surface area contributed by atoms with Crippen LogP contribution in [0.3, 0.4) is 0 Å². The topological polar surface area (TPSA) is 81.0 Å². The van der Waals surface area contributed by atoms with Crippen LogP contribution >= 0.6 is 11.6 Å². The first kappa shape index (κ1) is 24.9. The standard InChI is InChI=1S/C30H27ClFN7O/c31-26-12-23(7-9-29(26)40-17-20-2-1-3-22(32)10-20)35-30-25-11-21(6-8-27(25)33-18-34-30)28-16-39(37-36-28)24-14-38(15-24)13-19-4-5-19/h1-3,6-12,16,18-19,24H,4-5,13-15,17H2,(H,33,34,35). The zero-order valence-corrected chi connectivity index (χ0v) is 22.4. The summed E-state index contributed by atoms with van der Waals surface area (Å²) in [6.07, 6.45) is 6.31. The molecule has 5 aromatic rings. The molecule has 2 fully saturated rings. The average molecular weight is 556 g/mol. The molecule has 3 aromatic carbocycles. The van der Waals surface area contributed by atoms with Gasteiger partial charge in [0.25, 0.3) is 0 Å². The minimum atomic E-state index is -0.301. The lowest BCUT2D eigenvalue weighted by Gasteiger charge is -2.38. The molecule has 2 aliphatic rings. The molecule has 0 radical (unpaired) electrons. The Balaban J connectivity index is 1.06. The van der Waals surface area contributed by atoms with Crippen molar-refractivity contribution in [2.24, 2.45) is 5.92 Å². The molecule has 1 aliphatic carbocycles. The summed E-state index contributed by atoms with van der Waals surface area (Å²) < 4.78 is 21.2.